The molecule has 0 saturated carbocycles. The fraction of sp³-hybridized carbons (Fsp3) is 0.333. The summed E-state index contributed by atoms with van der Waals surface area (Å²) in [6, 6.07) is 4.56. The van der Waals surface area contributed by atoms with E-state index in [0.717, 1.165) is 0 Å². The molecule has 2 rings (SSSR count). The molecule has 1 fully saturated rings. The van der Waals surface area contributed by atoms with E-state index in [2.05, 4.69) is 5.32 Å². The van der Waals surface area contributed by atoms with E-state index in [4.69, 9.17) is 17.3 Å². The maximum absolute atomic E-state index is 12.0. The van der Waals surface area contributed by atoms with Gasteiger partial charge < -0.3 is 16.0 Å². The van der Waals surface area contributed by atoms with Crippen molar-refractivity contribution in [1.29, 1.82) is 0 Å². The Morgan fingerprint density at radius 2 is 2.21 bits per heavy atom. The molecule has 7 heteroatoms. The largest absolute Gasteiger partial charge is 0.399 e. The highest BCUT2D eigenvalue weighted by molar-refractivity contribution is 6.34. The van der Waals surface area contributed by atoms with E-state index < -0.39 is 0 Å². The van der Waals surface area contributed by atoms with E-state index in [1.54, 1.807) is 24.1 Å². The number of nitrogens with two attached hydrogens (primary N) is 1. The van der Waals surface area contributed by atoms with Crippen molar-refractivity contribution in [2.45, 2.75) is 12.5 Å². The van der Waals surface area contributed by atoms with Crippen LogP contribution in [0, 0.1) is 0 Å². The second kappa shape index (κ2) is 6.12. The molecule has 0 spiro atoms. The van der Waals surface area contributed by atoms with Gasteiger partial charge >= 0.3 is 0 Å². The van der Waals surface area contributed by atoms with Gasteiger partial charge in [0.05, 0.1) is 16.6 Å². The average Bonchev–Trinajstić information content (AvgIpc) is 2.57. The third-order valence-electron chi connectivity index (χ3n) is 2.91. The number of rotatable bonds is 2. The van der Waals surface area contributed by atoms with E-state index in [1.165, 1.54) is 6.07 Å². The fourth-order valence-electron chi connectivity index (χ4n) is 1.94. The van der Waals surface area contributed by atoms with Gasteiger partial charge in [-0.2, -0.15) is 0 Å². The summed E-state index contributed by atoms with van der Waals surface area (Å²) >= 11 is 5.95. The Hall–Kier alpha value is -1.46. The molecule has 1 aliphatic heterocycles. The Labute approximate surface area is 122 Å². The summed E-state index contributed by atoms with van der Waals surface area (Å²) in [5, 5.41) is 3.10. The minimum Gasteiger partial charge on any atom is -0.399 e. The molecule has 5 nitrogen and oxygen atoms in total. The Balaban J connectivity index is 0.00000180. The standard InChI is InChI=1S/C12H14ClN3O2.ClH/c1-16-6-8(5-11(16)17)15-12(18)9-3-2-7(14)4-10(9)13;/h2-4,8H,5-6,14H2,1H3,(H,15,18);1H. The second-order valence-corrected chi connectivity index (χ2v) is 4.80. The van der Waals surface area contributed by atoms with Crippen LogP contribution in [0.1, 0.15) is 16.8 Å². The third-order valence-corrected chi connectivity index (χ3v) is 3.23. The van der Waals surface area contributed by atoms with Crippen LogP contribution in [0.2, 0.25) is 5.02 Å². The first-order valence-corrected chi connectivity index (χ1v) is 5.95. The summed E-state index contributed by atoms with van der Waals surface area (Å²) in [6.07, 6.45) is 0.328. The van der Waals surface area contributed by atoms with E-state index in [0.29, 0.717) is 29.2 Å². The quantitative estimate of drug-likeness (QED) is 0.809. The average molecular weight is 304 g/mol. The summed E-state index contributed by atoms with van der Waals surface area (Å²) in [5.74, 6) is -0.253. The number of carbonyl (C=O) groups excluding carboxylic acids is 2. The molecule has 1 heterocycles. The number of benzene rings is 1. The van der Waals surface area contributed by atoms with Gasteiger partial charge in [0.2, 0.25) is 5.91 Å². The fourth-order valence-corrected chi connectivity index (χ4v) is 2.21. The maximum Gasteiger partial charge on any atom is 0.253 e. The van der Waals surface area contributed by atoms with Crippen LogP contribution in [0.4, 0.5) is 5.69 Å². The number of carbonyl (C=O) groups is 2. The molecule has 2 amide bonds. The topological polar surface area (TPSA) is 75.4 Å². The Morgan fingerprint density at radius 3 is 2.74 bits per heavy atom. The van der Waals surface area contributed by atoms with Crippen molar-refractivity contribution in [3.63, 3.8) is 0 Å². The molecule has 0 radical (unpaired) electrons. The predicted octanol–water partition coefficient (Wildman–Crippen LogP) is 1.30. The first-order valence-electron chi connectivity index (χ1n) is 5.57. The van der Waals surface area contributed by atoms with Crippen LogP contribution in [0.25, 0.3) is 0 Å². The first kappa shape index (κ1) is 15.6. The molecule has 0 aliphatic carbocycles. The highest BCUT2D eigenvalue weighted by Gasteiger charge is 2.28. The van der Waals surface area contributed by atoms with Crippen molar-refractivity contribution in [2.24, 2.45) is 0 Å². The number of nitrogens with zero attached hydrogens (tertiary/aromatic N) is 1. The zero-order valence-corrected chi connectivity index (χ0v) is 11.9. The third kappa shape index (κ3) is 3.52. The van der Waals surface area contributed by atoms with Crippen molar-refractivity contribution < 1.29 is 9.59 Å². The zero-order valence-electron chi connectivity index (χ0n) is 10.4. The number of halogens is 2. The molecular formula is C12H15Cl2N3O2. The van der Waals surface area contributed by atoms with Crippen LogP contribution < -0.4 is 11.1 Å². The lowest BCUT2D eigenvalue weighted by atomic mass is 10.1. The minimum atomic E-state index is -0.284. The van der Waals surface area contributed by atoms with Crippen LogP contribution in [0.3, 0.4) is 0 Å². The number of likely N-dealkylation sites (N-methyl/N-ethyl adjacent to an activating group) is 1. The van der Waals surface area contributed by atoms with Gasteiger partial charge in [0.15, 0.2) is 0 Å². The van der Waals surface area contributed by atoms with E-state index in [1.807, 2.05) is 0 Å². The smallest absolute Gasteiger partial charge is 0.253 e. The van der Waals surface area contributed by atoms with Gasteiger partial charge in [-0.1, -0.05) is 11.6 Å². The van der Waals surface area contributed by atoms with Crippen LogP contribution in [-0.2, 0) is 4.79 Å². The highest BCUT2D eigenvalue weighted by Crippen LogP contribution is 2.19. The number of hydrogen-bond acceptors (Lipinski definition) is 3. The van der Waals surface area contributed by atoms with Crippen molar-refractivity contribution >= 4 is 41.5 Å². The number of anilines is 1. The van der Waals surface area contributed by atoms with E-state index in [-0.39, 0.29) is 30.3 Å². The lowest BCUT2D eigenvalue weighted by molar-refractivity contribution is -0.126. The monoisotopic (exact) mass is 303 g/mol. The Morgan fingerprint density at radius 1 is 1.53 bits per heavy atom. The number of amides is 2. The molecule has 0 bridgehead atoms. The van der Waals surface area contributed by atoms with Crippen molar-refractivity contribution in [2.75, 3.05) is 19.3 Å². The summed E-state index contributed by atoms with van der Waals surface area (Å²) in [5.41, 5.74) is 6.44. The van der Waals surface area contributed by atoms with Gasteiger partial charge in [0, 0.05) is 25.7 Å². The minimum absolute atomic E-state index is 0. The number of nitrogen functional groups attached to an aromatic ring is 1. The maximum atomic E-state index is 12.0. The lowest BCUT2D eigenvalue weighted by Gasteiger charge is -2.13. The van der Waals surface area contributed by atoms with Crippen LogP contribution in [0.15, 0.2) is 18.2 Å². The first-order chi connectivity index (χ1) is 8.47. The number of nitrogens with one attached hydrogen (secondary N) is 1. The Kier molecular flexibility index (Phi) is 5.03. The van der Waals surface area contributed by atoms with Crippen molar-refractivity contribution in [3.05, 3.63) is 28.8 Å². The van der Waals surface area contributed by atoms with Crippen molar-refractivity contribution in [3.8, 4) is 0 Å². The molecule has 1 aromatic carbocycles. The summed E-state index contributed by atoms with van der Waals surface area (Å²) in [4.78, 5) is 24.9. The molecule has 3 N–H and O–H groups in total. The molecule has 1 saturated heterocycles. The summed E-state index contributed by atoms with van der Waals surface area (Å²) < 4.78 is 0. The van der Waals surface area contributed by atoms with Gasteiger partial charge in [0.25, 0.3) is 5.91 Å². The molecular weight excluding hydrogens is 289 g/mol. The van der Waals surface area contributed by atoms with Crippen LogP contribution >= 0.6 is 24.0 Å². The lowest BCUT2D eigenvalue weighted by Crippen LogP contribution is -2.36. The molecule has 1 aliphatic rings. The molecule has 104 valence electrons. The Bertz CT molecular complexity index is 508. The van der Waals surface area contributed by atoms with E-state index in [9.17, 15) is 9.59 Å². The molecule has 1 atom stereocenters. The predicted molar refractivity (Wildman–Crippen MR) is 76.6 cm³/mol. The summed E-state index contributed by atoms with van der Waals surface area (Å²) in [6.45, 7) is 0.525. The molecule has 19 heavy (non-hydrogen) atoms. The van der Waals surface area contributed by atoms with Crippen LogP contribution in [-0.4, -0.2) is 36.3 Å². The molecule has 1 aromatic rings. The van der Waals surface area contributed by atoms with Crippen LogP contribution in [0.5, 0.6) is 0 Å². The molecule has 0 aromatic heterocycles. The van der Waals surface area contributed by atoms with Gasteiger partial charge in [-0.3, -0.25) is 9.59 Å². The van der Waals surface area contributed by atoms with Gasteiger partial charge in [-0.25, -0.2) is 0 Å². The highest BCUT2D eigenvalue weighted by atomic mass is 35.5. The SMILES string of the molecule is CN1CC(NC(=O)c2ccc(N)cc2Cl)CC1=O.Cl. The van der Waals surface area contributed by atoms with E-state index >= 15 is 0 Å². The second-order valence-electron chi connectivity index (χ2n) is 4.39. The number of likely N-dealkylation sites (tertiary alicyclic amines) is 1. The number of hydrogen-bond donors (Lipinski definition) is 2. The van der Waals surface area contributed by atoms with Gasteiger partial charge in [-0.05, 0) is 18.2 Å². The van der Waals surface area contributed by atoms with Gasteiger partial charge in [0.1, 0.15) is 0 Å². The normalized spacial score (nSPS) is 18.1. The zero-order chi connectivity index (χ0) is 13.3. The summed E-state index contributed by atoms with van der Waals surface area (Å²) in [7, 11) is 1.71. The van der Waals surface area contributed by atoms with Crippen molar-refractivity contribution in [1.82, 2.24) is 10.2 Å². The molecule has 1 unspecified atom stereocenters. The van der Waals surface area contributed by atoms with Gasteiger partial charge in [-0.15, -0.1) is 12.4 Å².